The molecule has 3 rings (SSSR count). The van der Waals surface area contributed by atoms with E-state index in [2.05, 4.69) is 79.7 Å². The lowest BCUT2D eigenvalue weighted by molar-refractivity contribution is 1.23. The van der Waals surface area contributed by atoms with Crippen LogP contribution in [0.25, 0.3) is 27.8 Å². The van der Waals surface area contributed by atoms with Crippen LogP contribution in [-0.4, -0.2) is 0 Å². The van der Waals surface area contributed by atoms with Gasteiger partial charge in [-0.2, -0.15) is 0 Å². The van der Waals surface area contributed by atoms with Crippen LogP contribution in [0.2, 0.25) is 0 Å². The van der Waals surface area contributed by atoms with Crippen LogP contribution >= 0.6 is 0 Å². The lowest BCUT2D eigenvalue weighted by atomic mass is 9.97. The fourth-order valence-corrected chi connectivity index (χ4v) is 2.80. The van der Waals surface area contributed by atoms with Crippen LogP contribution in [0.1, 0.15) is 18.9 Å². The zero-order chi connectivity index (χ0) is 16.1. The number of nitrogens with two attached hydrogens (primary N) is 1. The molecule has 0 aliphatic heterocycles. The molecule has 0 atom stereocenters. The van der Waals surface area contributed by atoms with Crippen molar-refractivity contribution in [3.63, 3.8) is 0 Å². The minimum atomic E-state index is 0.944. The fourth-order valence-electron chi connectivity index (χ4n) is 2.80. The van der Waals surface area contributed by atoms with E-state index in [1.54, 1.807) is 6.20 Å². The van der Waals surface area contributed by atoms with E-state index in [0.29, 0.717) is 0 Å². The molecule has 3 aromatic rings. The summed E-state index contributed by atoms with van der Waals surface area (Å²) in [5, 5.41) is 0. The highest BCUT2D eigenvalue weighted by atomic mass is 14.5. The third-order valence-electron chi connectivity index (χ3n) is 4.14. The Balaban J connectivity index is 1.93. The number of allylic oxidation sites excluding steroid dienone is 1. The lowest BCUT2D eigenvalue weighted by Crippen LogP contribution is -1.89. The molecule has 0 heterocycles. The summed E-state index contributed by atoms with van der Waals surface area (Å²) >= 11 is 0. The van der Waals surface area contributed by atoms with Crippen molar-refractivity contribution >= 4 is 5.57 Å². The van der Waals surface area contributed by atoms with Crippen LogP contribution < -0.4 is 5.73 Å². The maximum atomic E-state index is 5.69. The summed E-state index contributed by atoms with van der Waals surface area (Å²) in [5.41, 5.74) is 13.0. The maximum Gasteiger partial charge on any atom is -0.00238 e. The van der Waals surface area contributed by atoms with Crippen molar-refractivity contribution in [2.45, 2.75) is 13.3 Å². The van der Waals surface area contributed by atoms with Gasteiger partial charge in [-0.15, -0.1) is 0 Å². The minimum absolute atomic E-state index is 0.944. The maximum absolute atomic E-state index is 5.69. The molecule has 3 aromatic carbocycles. The Kier molecular flexibility index (Phi) is 4.58. The first kappa shape index (κ1) is 15.1. The second-order valence-electron chi connectivity index (χ2n) is 5.57. The summed E-state index contributed by atoms with van der Waals surface area (Å²) in [4.78, 5) is 0. The van der Waals surface area contributed by atoms with E-state index < -0.39 is 0 Å². The monoisotopic (exact) mass is 299 g/mol. The average Bonchev–Trinajstić information content (AvgIpc) is 2.64. The van der Waals surface area contributed by atoms with E-state index in [-0.39, 0.29) is 0 Å². The van der Waals surface area contributed by atoms with Gasteiger partial charge < -0.3 is 5.73 Å². The third kappa shape index (κ3) is 3.35. The zero-order valence-corrected chi connectivity index (χ0v) is 13.4. The number of benzene rings is 3. The topological polar surface area (TPSA) is 26.0 Å². The zero-order valence-electron chi connectivity index (χ0n) is 13.4. The van der Waals surface area contributed by atoms with E-state index in [1.807, 2.05) is 6.07 Å². The van der Waals surface area contributed by atoms with Crippen molar-refractivity contribution in [2.75, 3.05) is 0 Å². The largest absolute Gasteiger partial charge is 0.404 e. The van der Waals surface area contributed by atoms with Gasteiger partial charge in [-0.1, -0.05) is 79.7 Å². The van der Waals surface area contributed by atoms with E-state index in [0.717, 1.165) is 6.42 Å². The van der Waals surface area contributed by atoms with E-state index >= 15 is 0 Å². The molecule has 0 bridgehead atoms. The van der Waals surface area contributed by atoms with Crippen molar-refractivity contribution in [1.29, 1.82) is 0 Å². The van der Waals surface area contributed by atoms with E-state index in [4.69, 9.17) is 5.73 Å². The Hall–Kier alpha value is -2.80. The first-order chi connectivity index (χ1) is 11.3. The molecule has 0 unspecified atom stereocenters. The molecular formula is C22H21N. The van der Waals surface area contributed by atoms with Crippen molar-refractivity contribution < 1.29 is 0 Å². The van der Waals surface area contributed by atoms with Crippen molar-refractivity contribution in [3.8, 4) is 22.3 Å². The predicted molar refractivity (Wildman–Crippen MR) is 99.8 cm³/mol. The summed E-state index contributed by atoms with van der Waals surface area (Å²) in [7, 11) is 0. The molecule has 0 aliphatic carbocycles. The Morgan fingerprint density at radius 3 is 1.87 bits per heavy atom. The van der Waals surface area contributed by atoms with Gasteiger partial charge in [0.1, 0.15) is 0 Å². The normalized spacial score (nSPS) is 11.4. The smallest absolute Gasteiger partial charge is 0.00238 e. The first-order valence-corrected chi connectivity index (χ1v) is 7.99. The van der Waals surface area contributed by atoms with Gasteiger partial charge in [-0.05, 0) is 52.1 Å². The van der Waals surface area contributed by atoms with Crippen LogP contribution in [0.15, 0.2) is 85.1 Å². The van der Waals surface area contributed by atoms with E-state index in [1.165, 1.54) is 33.4 Å². The molecular weight excluding hydrogens is 278 g/mol. The van der Waals surface area contributed by atoms with Gasteiger partial charge in [0.25, 0.3) is 0 Å². The molecule has 0 amide bonds. The average molecular weight is 299 g/mol. The summed E-state index contributed by atoms with van der Waals surface area (Å²) in [6.45, 7) is 2.12. The van der Waals surface area contributed by atoms with Gasteiger partial charge in [0, 0.05) is 0 Å². The van der Waals surface area contributed by atoms with Crippen LogP contribution in [0.3, 0.4) is 0 Å². The first-order valence-electron chi connectivity index (χ1n) is 7.99. The minimum Gasteiger partial charge on any atom is -0.404 e. The number of rotatable bonds is 4. The molecule has 2 N–H and O–H groups in total. The van der Waals surface area contributed by atoms with Gasteiger partial charge in [-0.25, -0.2) is 0 Å². The Labute approximate surface area is 138 Å². The highest BCUT2D eigenvalue weighted by molar-refractivity contribution is 5.74. The van der Waals surface area contributed by atoms with Gasteiger partial charge in [-0.3, -0.25) is 0 Å². The second kappa shape index (κ2) is 6.97. The van der Waals surface area contributed by atoms with Crippen molar-refractivity contribution in [2.24, 2.45) is 5.73 Å². The molecule has 23 heavy (non-hydrogen) atoms. The lowest BCUT2D eigenvalue weighted by Gasteiger charge is -2.08. The molecule has 0 saturated carbocycles. The van der Waals surface area contributed by atoms with Crippen LogP contribution in [-0.2, 0) is 0 Å². The summed E-state index contributed by atoms with van der Waals surface area (Å²) < 4.78 is 0. The molecule has 0 saturated heterocycles. The Bertz CT molecular complexity index is 799. The van der Waals surface area contributed by atoms with Crippen molar-refractivity contribution in [1.82, 2.24) is 0 Å². The fraction of sp³-hybridized carbons (Fsp3) is 0.0909. The summed E-state index contributed by atoms with van der Waals surface area (Å²) in [6.07, 6.45) is 2.64. The number of hydrogen-bond acceptors (Lipinski definition) is 1. The van der Waals surface area contributed by atoms with Crippen LogP contribution in [0.5, 0.6) is 0 Å². The summed E-state index contributed by atoms with van der Waals surface area (Å²) in [6, 6.07) is 27.8. The SMILES string of the molecule is CC/C(=C\N)c1ccc(-c2cccc(-c3ccccc3)c2)cc1. The molecule has 0 aromatic heterocycles. The molecule has 114 valence electrons. The highest BCUT2D eigenvalue weighted by Gasteiger charge is 2.03. The van der Waals surface area contributed by atoms with E-state index in [9.17, 15) is 0 Å². The van der Waals surface area contributed by atoms with Gasteiger partial charge >= 0.3 is 0 Å². The Morgan fingerprint density at radius 2 is 1.30 bits per heavy atom. The van der Waals surface area contributed by atoms with Gasteiger partial charge in [0.05, 0.1) is 0 Å². The Morgan fingerprint density at radius 1 is 0.739 bits per heavy atom. The molecule has 0 radical (unpaired) electrons. The number of hydrogen-bond donors (Lipinski definition) is 1. The second-order valence-corrected chi connectivity index (χ2v) is 5.57. The standard InChI is InChI=1S/C22H21N/c1-2-17(16-23)19-11-13-20(14-12-19)22-10-6-9-21(15-22)18-7-4-3-5-8-18/h3-16H,2,23H2,1H3/b17-16+. The van der Waals surface area contributed by atoms with Gasteiger partial charge in [0.15, 0.2) is 0 Å². The quantitative estimate of drug-likeness (QED) is 0.654. The summed E-state index contributed by atoms with van der Waals surface area (Å²) in [5.74, 6) is 0. The van der Waals surface area contributed by atoms with Crippen LogP contribution in [0, 0.1) is 0 Å². The molecule has 1 heteroatoms. The molecule has 0 aliphatic rings. The van der Waals surface area contributed by atoms with Gasteiger partial charge in [0.2, 0.25) is 0 Å². The molecule has 0 fully saturated rings. The highest BCUT2D eigenvalue weighted by Crippen LogP contribution is 2.27. The predicted octanol–water partition coefficient (Wildman–Crippen LogP) is 5.73. The molecule has 1 nitrogen and oxygen atoms in total. The van der Waals surface area contributed by atoms with Crippen molar-refractivity contribution in [3.05, 3.63) is 90.6 Å². The third-order valence-corrected chi connectivity index (χ3v) is 4.14. The molecule has 0 spiro atoms. The van der Waals surface area contributed by atoms with Crippen LogP contribution in [0.4, 0.5) is 0 Å².